The van der Waals surface area contributed by atoms with Crippen LogP contribution in [-0.2, 0) is 4.79 Å². The zero-order chi connectivity index (χ0) is 24.9. The van der Waals surface area contributed by atoms with Crippen LogP contribution in [0, 0.1) is 25.2 Å². The first-order chi connectivity index (χ1) is 16.9. The first-order valence-corrected chi connectivity index (χ1v) is 10.7. The molecule has 1 amide bonds. The van der Waals surface area contributed by atoms with Crippen molar-refractivity contribution in [1.82, 2.24) is 9.38 Å². The molecule has 2 aromatic heterocycles. The molecule has 1 N–H and O–H groups in total. The summed E-state index contributed by atoms with van der Waals surface area (Å²) in [5.41, 5.74) is 1.97. The van der Waals surface area contributed by atoms with Crippen LogP contribution < -0.4 is 20.3 Å². The average molecular weight is 466 g/mol. The van der Waals surface area contributed by atoms with E-state index in [1.165, 1.54) is 17.6 Å². The van der Waals surface area contributed by atoms with Crippen molar-refractivity contribution in [1.29, 1.82) is 5.26 Å². The lowest BCUT2D eigenvalue weighted by atomic mass is 10.1. The van der Waals surface area contributed by atoms with Gasteiger partial charge in [0.2, 0.25) is 5.88 Å². The zero-order valence-corrected chi connectivity index (χ0v) is 19.4. The van der Waals surface area contributed by atoms with Crippen molar-refractivity contribution in [3.63, 3.8) is 0 Å². The summed E-state index contributed by atoms with van der Waals surface area (Å²) in [5.74, 6) is 0.475. The lowest BCUT2D eigenvalue weighted by Gasteiger charge is -2.13. The van der Waals surface area contributed by atoms with Crippen molar-refractivity contribution in [2.24, 2.45) is 0 Å². The van der Waals surface area contributed by atoms with E-state index in [-0.39, 0.29) is 17.0 Å². The Morgan fingerprint density at radius 2 is 1.86 bits per heavy atom. The second-order valence-corrected chi connectivity index (χ2v) is 7.72. The van der Waals surface area contributed by atoms with Gasteiger partial charge in [-0.25, -0.2) is 0 Å². The van der Waals surface area contributed by atoms with Crippen molar-refractivity contribution in [3.8, 4) is 23.4 Å². The van der Waals surface area contributed by atoms with Crippen LogP contribution in [0.3, 0.4) is 0 Å². The molecular formula is C27H22N4O4. The summed E-state index contributed by atoms with van der Waals surface area (Å²) in [4.78, 5) is 30.7. The highest BCUT2D eigenvalue weighted by Gasteiger charge is 2.18. The van der Waals surface area contributed by atoms with Gasteiger partial charge < -0.3 is 14.8 Å². The third-order valence-electron chi connectivity index (χ3n) is 5.50. The topological polar surface area (TPSA) is 106 Å². The quantitative estimate of drug-likeness (QED) is 0.327. The van der Waals surface area contributed by atoms with Crippen LogP contribution in [0.25, 0.3) is 11.7 Å². The minimum atomic E-state index is -0.673. The molecule has 35 heavy (non-hydrogen) atoms. The van der Waals surface area contributed by atoms with Gasteiger partial charge in [0, 0.05) is 11.9 Å². The summed E-state index contributed by atoms with van der Waals surface area (Å²) in [6.45, 7) is 3.85. The van der Waals surface area contributed by atoms with Gasteiger partial charge in [0.1, 0.15) is 34.4 Å². The van der Waals surface area contributed by atoms with E-state index in [0.717, 1.165) is 11.1 Å². The van der Waals surface area contributed by atoms with Crippen LogP contribution in [0.15, 0.2) is 77.2 Å². The lowest BCUT2D eigenvalue weighted by Crippen LogP contribution is -2.20. The van der Waals surface area contributed by atoms with Crippen LogP contribution in [-0.4, -0.2) is 22.4 Å². The van der Waals surface area contributed by atoms with E-state index in [2.05, 4.69) is 10.3 Å². The van der Waals surface area contributed by atoms with Crippen LogP contribution in [0.5, 0.6) is 17.4 Å². The van der Waals surface area contributed by atoms with Crippen molar-refractivity contribution in [2.75, 3.05) is 12.4 Å². The van der Waals surface area contributed by atoms with Crippen LogP contribution >= 0.6 is 0 Å². The molecule has 0 spiro atoms. The number of amides is 1. The predicted octanol–water partition coefficient (Wildman–Crippen LogP) is 4.66. The average Bonchev–Trinajstić information content (AvgIpc) is 2.87. The minimum absolute atomic E-state index is 0.0000949. The Morgan fingerprint density at radius 1 is 1.09 bits per heavy atom. The number of ether oxygens (including phenoxy) is 2. The van der Waals surface area contributed by atoms with Gasteiger partial charge in [-0.1, -0.05) is 18.2 Å². The second kappa shape index (κ2) is 9.93. The highest BCUT2D eigenvalue weighted by Crippen LogP contribution is 2.28. The summed E-state index contributed by atoms with van der Waals surface area (Å²) in [6, 6.07) is 19.2. The number of aromatic nitrogens is 2. The molecule has 0 saturated carbocycles. The molecule has 4 rings (SSSR count). The van der Waals surface area contributed by atoms with Crippen LogP contribution in [0.4, 0.5) is 5.69 Å². The number of aryl methyl sites for hydroxylation is 1. The normalized spacial score (nSPS) is 11.1. The van der Waals surface area contributed by atoms with Gasteiger partial charge >= 0.3 is 0 Å². The molecule has 4 aromatic rings. The number of benzene rings is 2. The third-order valence-corrected chi connectivity index (χ3v) is 5.50. The molecule has 8 nitrogen and oxygen atoms in total. The van der Waals surface area contributed by atoms with Crippen molar-refractivity contribution in [3.05, 3.63) is 99.5 Å². The maximum Gasteiger partial charge on any atom is 0.269 e. The molecule has 2 heterocycles. The van der Waals surface area contributed by atoms with Gasteiger partial charge in [-0.15, -0.1) is 0 Å². The Hall–Kier alpha value is -4.90. The molecule has 0 aliphatic heterocycles. The number of nitrogens with zero attached hydrogens (tertiary/aromatic N) is 3. The molecule has 174 valence electrons. The summed E-state index contributed by atoms with van der Waals surface area (Å²) < 4.78 is 12.5. The predicted molar refractivity (Wildman–Crippen MR) is 133 cm³/mol. The molecule has 2 aromatic carbocycles. The van der Waals surface area contributed by atoms with Gasteiger partial charge in [-0.2, -0.15) is 10.2 Å². The highest BCUT2D eigenvalue weighted by atomic mass is 16.5. The number of hydrogen-bond acceptors (Lipinski definition) is 6. The minimum Gasteiger partial charge on any atom is -0.497 e. The SMILES string of the molecule is COc1ccc(NC(=O)/C(C#N)=C/c2c(Oc3cccc(C)c3C)nc3ccccn3c2=O)cc1. The Labute approximate surface area is 201 Å². The van der Waals surface area contributed by atoms with Crippen LogP contribution in [0.1, 0.15) is 16.7 Å². The van der Waals surface area contributed by atoms with E-state index in [0.29, 0.717) is 22.8 Å². The van der Waals surface area contributed by atoms with E-state index < -0.39 is 11.5 Å². The first kappa shape index (κ1) is 23.3. The smallest absolute Gasteiger partial charge is 0.269 e. The number of anilines is 1. The number of pyridine rings is 1. The fourth-order valence-electron chi connectivity index (χ4n) is 3.39. The lowest BCUT2D eigenvalue weighted by molar-refractivity contribution is -0.112. The van der Waals surface area contributed by atoms with Gasteiger partial charge in [-0.05, 0) is 73.5 Å². The number of carbonyl (C=O) groups excluding carboxylic acids is 1. The van der Waals surface area contributed by atoms with Crippen molar-refractivity contribution >= 4 is 23.3 Å². The Balaban J connectivity index is 1.79. The number of methoxy groups -OCH3 is 1. The molecule has 0 fully saturated rings. The number of hydrogen-bond donors (Lipinski definition) is 1. The first-order valence-electron chi connectivity index (χ1n) is 10.7. The molecule has 0 atom stereocenters. The highest BCUT2D eigenvalue weighted by molar-refractivity contribution is 6.09. The summed E-state index contributed by atoms with van der Waals surface area (Å²) in [7, 11) is 1.54. The number of rotatable bonds is 6. The largest absolute Gasteiger partial charge is 0.497 e. The van der Waals surface area contributed by atoms with E-state index in [4.69, 9.17) is 9.47 Å². The van der Waals surface area contributed by atoms with E-state index >= 15 is 0 Å². The summed E-state index contributed by atoms with van der Waals surface area (Å²) >= 11 is 0. The van der Waals surface area contributed by atoms with Gasteiger partial charge in [0.15, 0.2) is 0 Å². The molecule has 0 aliphatic carbocycles. The van der Waals surface area contributed by atoms with Crippen LogP contribution in [0.2, 0.25) is 0 Å². The van der Waals surface area contributed by atoms with E-state index in [9.17, 15) is 14.9 Å². The Morgan fingerprint density at radius 3 is 2.57 bits per heavy atom. The standard InChI is InChI=1S/C27H22N4O4/c1-17-7-6-8-23(18(17)2)35-26-22(27(33)31-14-5-4-9-24(31)30-26)15-19(16-28)25(32)29-20-10-12-21(34-3)13-11-20/h4-15H,1-3H3,(H,29,32)/b19-15+. The number of nitrogens with one attached hydrogen (secondary N) is 1. The fraction of sp³-hybridized carbons (Fsp3) is 0.111. The second-order valence-electron chi connectivity index (χ2n) is 7.72. The maximum absolute atomic E-state index is 13.3. The summed E-state index contributed by atoms with van der Waals surface area (Å²) in [6.07, 6.45) is 2.77. The molecule has 0 aliphatic rings. The zero-order valence-electron chi connectivity index (χ0n) is 19.4. The monoisotopic (exact) mass is 466 g/mol. The number of nitriles is 1. The van der Waals surface area contributed by atoms with E-state index in [1.807, 2.05) is 32.0 Å². The molecule has 0 saturated heterocycles. The van der Waals surface area contributed by atoms with Crippen molar-refractivity contribution in [2.45, 2.75) is 13.8 Å². The van der Waals surface area contributed by atoms with E-state index in [1.54, 1.807) is 54.7 Å². The molecule has 0 bridgehead atoms. The number of fused-ring (bicyclic) bond motifs is 1. The molecule has 0 radical (unpaired) electrons. The van der Waals surface area contributed by atoms with Gasteiger partial charge in [0.25, 0.3) is 11.5 Å². The van der Waals surface area contributed by atoms with Gasteiger partial charge in [0.05, 0.1) is 7.11 Å². The third kappa shape index (κ3) is 4.89. The fourth-order valence-corrected chi connectivity index (χ4v) is 3.39. The summed E-state index contributed by atoms with van der Waals surface area (Å²) in [5, 5.41) is 12.4. The molecular weight excluding hydrogens is 444 g/mol. The number of carbonyl (C=O) groups is 1. The van der Waals surface area contributed by atoms with Crippen molar-refractivity contribution < 1.29 is 14.3 Å². The maximum atomic E-state index is 13.3. The molecule has 8 heteroatoms. The Kier molecular flexibility index (Phi) is 6.60. The Bertz CT molecular complexity index is 1550. The van der Waals surface area contributed by atoms with Gasteiger partial charge in [-0.3, -0.25) is 14.0 Å². The molecule has 0 unspecified atom stereocenters.